The molecule has 0 aromatic heterocycles. The van der Waals surface area contributed by atoms with Gasteiger partial charge in [0, 0.05) is 18.5 Å². The van der Waals surface area contributed by atoms with Crippen LogP contribution in [-0.2, 0) is 11.3 Å². The first-order chi connectivity index (χ1) is 11.3. The van der Waals surface area contributed by atoms with Crippen molar-refractivity contribution in [1.82, 2.24) is 5.32 Å². The minimum Gasteiger partial charge on any atom is -0.445 e. The van der Waals surface area contributed by atoms with Crippen LogP contribution in [0, 0.1) is 23.2 Å². The summed E-state index contributed by atoms with van der Waals surface area (Å²) in [7, 11) is 0. The highest BCUT2D eigenvalue weighted by Crippen LogP contribution is 2.02. The first-order valence-electron chi connectivity index (χ1n) is 7.21. The predicted molar refractivity (Wildman–Crippen MR) is 87.3 cm³/mol. The van der Waals surface area contributed by atoms with Crippen molar-refractivity contribution >= 4 is 6.09 Å². The van der Waals surface area contributed by atoms with Gasteiger partial charge in [0.15, 0.2) is 0 Å². The Bertz CT molecular complexity index is 752. The van der Waals surface area contributed by atoms with E-state index in [1.54, 1.807) is 18.2 Å². The highest BCUT2D eigenvalue weighted by molar-refractivity contribution is 5.67. The number of nitriles is 1. The molecule has 2 rings (SSSR count). The maximum Gasteiger partial charge on any atom is 0.407 e. The molecular formula is C19H16N2O2. The topological polar surface area (TPSA) is 62.1 Å². The van der Waals surface area contributed by atoms with E-state index in [4.69, 9.17) is 10.00 Å². The molecule has 23 heavy (non-hydrogen) atoms. The molecule has 1 N–H and O–H groups in total. The van der Waals surface area contributed by atoms with E-state index in [0.29, 0.717) is 18.5 Å². The third-order valence-electron chi connectivity index (χ3n) is 2.96. The smallest absolute Gasteiger partial charge is 0.407 e. The van der Waals surface area contributed by atoms with Crippen LogP contribution in [0.25, 0.3) is 0 Å². The minimum absolute atomic E-state index is 0.249. The zero-order valence-electron chi connectivity index (χ0n) is 12.6. The SMILES string of the molecule is N#Cc1cccc(C#CCCNC(=O)OCc2ccccc2)c1. The van der Waals surface area contributed by atoms with Crippen LogP contribution in [0.15, 0.2) is 54.6 Å². The van der Waals surface area contributed by atoms with Crippen molar-refractivity contribution in [2.45, 2.75) is 13.0 Å². The number of amides is 1. The summed E-state index contributed by atoms with van der Waals surface area (Å²) in [5, 5.41) is 11.5. The molecule has 0 aliphatic heterocycles. The summed E-state index contributed by atoms with van der Waals surface area (Å²) < 4.78 is 5.09. The molecular weight excluding hydrogens is 288 g/mol. The normalized spacial score (nSPS) is 9.17. The summed E-state index contributed by atoms with van der Waals surface area (Å²) in [5.41, 5.74) is 2.31. The minimum atomic E-state index is -0.456. The van der Waals surface area contributed by atoms with Gasteiger partial charge in [-0.2, -0.15) is 5.26 Å². The lowest BCUT2D eigenvalue weighted by Crippen LogP contribution is -2.24. The lowest BCUT2D eigenvalue weighted by atomic mass is 10.1. The summed E-state index contributed by atoms with van der Waals surface area (Å²) in [5.74, 6) is 5.91. The molecule has 0 unspecified atom stereocenters. The average Bonchev–Trinajstić information content (AvgIpc) is 2.61. The molecule has 0 atom stereocenters. The van der Waals surface area contributed by atoms with Gasteiger partial charge in [0.1, 0.15) is 6.61 Å². The Kier molecular flexibility index (Phi) is 6.26. The summed E-state index contributed by atoms with van der Waals surface area (Å²) in [6.07, 6.45) is 0.0548. The fourth-order valence-electron chi connectivity index (χ4n) is 1.83. The van der Waals surface area contributed by atoms with E-state index < -0.39 is 6.09 Å². The van der Waals surface area contributed by atoms with Gasteiger partial charge in [0.05, 0.1) is 11.6 Å². The van der Waals surface area contributed by atoms with Crippen molar-refractivity contribution in [3.8, 4) is 17.9 Å². The number of carbonyl (C=O) groups excluding carboxylic acids is 1. The Balaban J connectivity index is 1.68. The second-order valence-electron chi connectivity index (χ2n) is 4.73. The molecule has 0 spiro atoms. The molecule has 1 amide bonds. The van der Waals surface area contributed by atoms with E-state index in [2.05, 4.69) is 23.2 Å². The van der Waals surface area contributed by atoms with Crippen LogP contribution >= 0.6 is 0 Å². The summed E-state index contributed by atoms with van der Waals surface area (Å²) in [6.45, 7) is 0.665. The third kappa shape index (κ3) is 5.95. The number of carbonyl (C=O) groups is 1. The molecule has 2 aromatic rings. The van der Waals surface area contributed by atoms with Crippen LogP contribution in [0.2, 0.25) is 0 Å². The molecule has 0 fully saturated rings. The number of hydrogen-bond donors (Lipinski definition) is 1. The Hall–Kier alpha value is -3.24. The van der Waals surface area contributed by atoms with Gasteiger partial charge in [-0.25, -0.2) is 4.79 Å². The first kappa shape index (κ1) is 16.1. The van der Waals surface area contributed by atoms with Gasteiger partial charge in [0.25, 0.3) is 0 Å². The summed E-state index contributed by atoms with van der Waals surface area (Å²) in [6, 6.07) is 18.7. The van der Waals surface area contributed by atoms with Crippen LogP contribution in [-0.4, -0.2) is 12.6 Å². The Morgan fingerprint density at radius 1 is 1.09 bits per heavy atom. The monoisotopic (exact) mass is 304 g/mol. The van der Waals surface area contributed by atoms with Crippen molar-refractivity contribution in [1.29, 1.82) is 5.26 Å². The van der Waals surface area contributed by atoms with Crippen molar-refractivity contribution in [2.24, 2.45) is 0 Å². The maximum atomic E-state index is 11.5. The second-order valence-corrected chi connectivity index (χ2v) is 4.73. The Morgan fingerprint density at radius 3 is 2.65 bits per heavy atom. The Morgan fingerprint density at radius 2 is 1.87 bits per heavy atom. The number of nitrogens with zero attached hydrogens (tertiary/aromatic N) is 1. The van der Waals surface area contributed by atoms with E-state index in [9.17, 15) is 4.79 Å². The fraction of sp³-hybridized carbons (Fsp3) is 0.158. The lowest BCUT2D eigenvalue weighted by molar-refractivity contribution is 0.140. The largest absolute Gasteiger partial charge is 0.445 e. The highest BCUT2D eigenvalue weighted by Gasteiger charge is 2.00. The number of alkyl carbamates (subject to hydrolysis) is 1. The van der Waals surface area contributed by atoms with Gasteiger partial charge < -0.3 is 10.1 Å². The van der Waals surface area contributed by atoms with Crippen molar-refractivity contribution in [3.05, 3.63) is 71.3 Å². The zero-order chi connectivity index (χ0) is 16.3. The maximum absolute atomic E-state index is 11.5. The van der Waals surface area contributed by atoms with Gasteiger partial charge >= 0.3 is 6.09 Å². The van der Waals surface area contributed by atoms with Crippen LogP contribution in [0.4, 0.5) is 4.79 Å². The molecule has 4 nitrogen and oxygen atoms in total. The first-order valence-corrected chi connectivity index (χ1v) is 7.21. The molecule has 0 saturated heterocycles. The predicted octanol–water partition coefficient (Wildman–Crippen LogP) is 3.23. The van der Waals surface area contributed by atoms with Gasteiger partial charge in [-0.15, -0.1) is 0 Å². The lowest BCUT2D eigenvalue weighted by Gasteiger charge is -2.05. The summed E-state index contributed by atoms with van der Waals surface area (Å²) in [4.78, 5) is 11.5. The molecule has 2 aromatic carbocycles. The van der Waals surface area contributed by atoms with E-state index in [0.717, 1.165) is 11.1 Å². The van der Waals surface area contributed by atoms with Gasteiger partial charge in [-0.3, -0.25) is 0 Å². The quantitative estimate of drug-likeness (QED) is 0.697. The second kappa shape index (κ2) is 8.92. The average molecular weight is 304 g/mol. The van der Waals surface area contributed by atoms with Crippen molar-refractivity contribution in [2.75, 3.05) is 6.54 Å². The highest BCUT2D eigenvalue weighted by atomic mass is 16.5. The van der Waals surface area contributed by atoms with E-state index in [1.807, 2.05) is 36.4 Å². The van der Waals surface area contributed by atoms with Crippen LogP contribution in [0.1, 0.15) is 23.1 Å². The number of rotatable bonds is 4. The molecule has 0 heterocycles. The van der Waals surface area contributed by atoms with Gasteiger partial charge in [-0.05, 0) is 23.8 Å². The van der Waals surface area contributed by atoms with E-state index in [-0.39, 0.29) is 6.61 Å². The van der Waals surface area contributed by atoms with Crippen LogP contribution in [0.3, 0.4) is 0 Å². The molecule has 114 valence electrons. The van der Waals surface area contributed by atoms with E-state index >= 15 is 0 Å². The molecule has 0 aliphatic carbocycles. The zero-order valence-corrected chi connectivity index (χ0v) is 12.6. The molecule has 0 saturated carbocycles. The number of nitrogens with one attached hydrogen (secondary N) is 1. The summed E-state index contributed by atoms with van der Waals surface area (Å²) >= 11 is 0. The fourth-order valence-corrected chi connectivity index (χ4v) is 1.83. The van der Waals surface area contributed by atoms with Crippen molar-refractivity contribution < 1.29 is 9.53 Å². The number of benzene rings is 2. The van der Waals surface area contributed by atoms with Crippen LogP contribution in [0.5, 0.6) is 0 Å². The standard InChI is InChI=1S/C19H16N2O2/c20-14-18-11-6-10-16(13-18)7-4-5-12-21-19(22)23-15-17-8-2-1-3-9-17/h1-3,6,8-11,13H,5,12,15H2,(H,21,22). The number of hydrogen-bond acceptors (Lipinski definition) is 3. The number of ether oxygens (including phenoxy) is 1. The third-order valence-corrected chi connectivity index (χ3v) is 2.96. The van der Waals surface area contributed by atoms with Crippen LogP contribution < -0.4 is 5.32 Å². The molecule has 0 radical (unpaired) electrons. The van der Waals surface area contributed by atoms with Crippen molar-refractivity contribution in [3.63, 3.8) is 0 Å². The Labute approximate surface area is 135 Å². The molecule has 0 bridgehead atoms. The van der Waals surface area contributed by atoms with Gasteiger partial charge in [-0.1, -0.05) is 48.2 Å². The molecule has 4 heteroatoms. The molecule has 0 aliphatic rings. The van der Waals surface area contributed by atoms with Gasteiger partial charge in [0.2, 0.25) is 0 Å². The van der Waals surface area contributed by atoms with E-state index in [1.165, 1.54) is 0 Å².